The number of aromatic nitrogens is 1. The molecule has 3 heteroatoms. The fraction of sp³-hybridized carbons (Fsp3) is 0.103. The van der Waals surface area contributed by atoms with Crippen LogP contribution >= 0.6 is 0 Å². The molecule has 0 fully saturated rings. The number of nitrogens with zero attached hydrogens (tertiary/aromatic N) is 2. The summed E-state index contributed by atoms with van der Waals surface area (Å²) in [7, 11) is 0. The summed E-state index contributed by atoms with van der Waals surface area (Å²) in [6, 6.07) is 103. The zero-order valence-electron chi connectivity index (χ0n) is 51.5. The monoisotopic (exact) mass is 1160 g/mol. The Balaban J connectivity index is 0.859. The maximum Gasteiger partial charge on any atom is 0.119 e. The number of ether oxygens (including phenoxy) is 1. The van der Waals surface area contributed by atoms with Crippen LogP contribution in [-0.2, 0) is 10.8 Å². The molecule has 0 spiro atoms. The van der Waals surface area contributed by atoms with Crippen LogP contribution in [0.1, 0.15) is 79.0 Å². The van der Waals surface area contributed by atoms with Crippen LogP contribution < -0.4 is 9.64 Å². The fourth-order valence-corrected chi connectivity index (χ4v) is 13.6. The van der Waals surface area contributed by atoms with E-state index < -0.39 is 5.41 Å². The molecule has 0 aliphatic heterocycles. The molecule has 90 heavy (non-hydrogen) atoms. The average molecular weight is 1160 g/mol. The molecular weight excluding hydrogens is 1090 g/mol. The fourth-order valence-electron chi connectivity index (χ4n) is 13.6. The first-order chi connectivity index (χ1) is 44.1. The van der Waals surface area contributed by atoms with Gasteiger partial charge < -0.3 is 14.2 Å². The summed E-state index contributed by atoms with van der Waals surface area (Å²) in [5.74, 6) is 0.884. The van der Waals surface area contributed by atoms with Crippen LogP contribution in [0.25, 0.3) is 101 Å². The standard InChI is InChI=1S/C87H72N2O/c1-7-60-21-27-63(28-22-60)65-35-47-75(48-36-65)89-84-53-39-69(67-29-23-61(8-2)24-30-67)57-80(84)81-58-70(40-54-85(81)89)68-37-45-74(46-38-68)88(73-43-33-66(34-44-73)64-31-41-71(42-32-64)86(4,5)6)76-49-52-79-78-19-13-14-20-82(78)87(83(79)59-76,72-17-11-10-12-18-72)55-15-16-56-90-77-50-25-62(9-3)26-51-77/h7-14,17-54,57-59H,1-3,15-16,55-56H2,4-6H3. The second-order valence-electron chi connectivity index (χ2n) is 24.9. The number of benzene rings is 12. The first-order valence-corrected chi connectivity index (χ1v) is 31.5. The van der Waals surface area contributed by atoms with Gasteiger partial charge in [-0.2, -0.15) is 0 Å². The Hall–Kier alpha value is -10.7. The minimum Gasteiger partial charge on any atom is -0.494 e. The van der Waals surface area contributed by atoms with E-state index in [2.05, 4.69) is 317 Å². The molecule has 0 amide bonds. The van der Waals surface area contributed by atoms with Crippen LogP contribution in [0.5, 0.6) is 5.75 Å². The number of hydrogen-bond acceptors (Lipinski definition) is 2. The number of hydrogen-bond donors (Lipinski definition) is 0. The van der Waals surface area contributed by atoms with Gasteiger partial charge in [0.25, 0.3) is 0 Å². The van der Waals surface area contributed by atoms with E-state index in [0.717, 1.165) is 86.6 Å². The Bertz CT molecular complexity index is 4760. The van der Waals surface area contributed by atoms with Gasteiger partial charge in [-0.3, -0.25) is 0 Å². The van der Waals surface area contributed by atoms with Crippen molar-refractivity contribution in [2.45, 2.75) is 50.9 Å². The van der Waals surface area contributed by atoms with E-state index in [-0.39, 0.29) is 5.41 Å². The van der Waals surface area contributed by atoms with Crippen LogP contribution in [0, 0.1) is 0 Å². The van der Waals surface area contributed by atoms with E-state index in [9.17, 15) is 0 Å². The highest BCUT2D eigenvalue weighted by Crippen LogP contribution is 2.56. The molecule has 1 aromatic heterocycles. The number of fused-ring (bicyclic) bond motifs is 6. The van der Waals surface area contributed by atoms with E-state index in [1.54, 1.807) is 0 Å². The minimum absolute atomic E-state index is 0.0750. The minimum atomic E-state index is -0.395. The van der Waals surface area contributed by atoms with Gasteiger partial charge >= 0.3 is 0 Å². The van der Waals surface area contributed by atoms with Gasteiger partial charge in [0.1, 0.15) is 5.75 Å². The SMILES string of the molecule is C=Cc1ccc(OCCCCC2(c3ccccc3)c3ccccc3-c3ccc(N(c4ccc(-c5ccc(C(C)(C)C)cc5)cc4)c4ccc(-c5ccc6c(c5)c5cc(-c7ccc(C=C)cc7)ccc5n6-c5ccc(-c6ccc(C=C)cc6)cc5)cc4)cc32)cc1. The second kappa shape index (κ2) is 24.1. The van der Waals surface area contributed by atoms with E-state index >= 15 is 0 Å². The summed E-state index contributed by atoms with van der Waals surface area (Å²) in [5.41, 5.74) is 26.9. The van der Waals surface area contributed by atoms with Gasteiger partial charge in [-0.1, -0.05) is 253 Å². The Kier molecular flexibility index (Phi) is 15.3. The second-order valence-corrected chi connectivity index (χ2v) is 24.9. The van der Waals surface area contributed by atoms with Crippen molar-refractivity contribution in [3.8, 4) is 67.1 Å². The van der Waals surface area contributed by atoms with E-state index in [4.69, 9.17) is 4.74 Å². The van der Waals surface area contributed by atoms with Crippen molar-refractivity contribution in [1.82, 2.24) is 4.57 Å². The predicted molar refractivity (Wildman–Crippen MR) is 384 cm³/mol. The predicted octanol–water partition coefficient (Wildman–Crippen LogP) is 23.7. The normalized spacial score (nSPS) is 13.4. The molecule has 14 rings (SSSR count). The lowest BCUT2D eigenvalue weighted by molar-refractivity contribution is 0.301. The lowest BCUT2D eigenvalue weighted by Gasteiger charge is -2.34. The molecular formula is C87H72N2O. The molecule has 0 saturated carbocycles. The Morgan fingerprint density at radius 3 is 1.36 bits per heavy atom. The van der Waals surface area contributed by atoms with Crippen LogP contribution in [-0.4, -0.2) is 11.2 Å². The van der Waals surface area contributed by atoms with Crippen LogP contribution in [0.3, 0.4) is 0 Å². The summed E-state index contributed by atoms with van der Waals surface area (Å²) >= 11 is 0. The zero-order valence-corrected chi connectivity index (χ0v) is 51.5. The molecule has 3 nitrogen and oxygen atoms in total. The van der Waals surface area contributed by atoms with E-state index in [1.807, 2.05) is 30.4 Å². The quantitative estimate of drug-likeness (QED) is 0.0797. The van der Waals surface area contributed by atoms with Crippen molar-refractivity contribution in [2.24, 2.45) is 0 Å². The van der Waals surface area contributed by atoms with Gasteiger partial charge in [-0.25, -0.2) is 0 Å². The van der Waals surface area contributed by atoms with Gasteiger partial charge in [-0.15, -0.1) is 0 Å². The van der Waals surface area contributed by atoms with E-state index in [1.165, 1.54) is 77.5 Å². The molecule has 12 aromatic carbocycles. The third kappa shape index (κ3) is 10.8. The Labute approximate surface area is 530 Å². The molecule has 0 saturated heterocycles. The third-order valence-corrected chi connectivity index (χ3v) is 18.5. The molecule has 1 unspecified atom stereocenters. The molecule has 0 bridgehead atoms. The average Bonchev–Trinajstić information content (AvgIpc) is 1.58. The molecule has 0 N–H and O–H groups in total. The van der Waals surface area contributed by atoms with Crippen molar-refractivity contribution >= 4 is 57.1 Å². The summed E-state index contributed by atoms with van der Waals surface area (Å²) in [4.78, 5) is 2.45. The van der Waals surface area contributed by atoms with Crippen molar-refractivity contribution in [1.29, 1.82) is 0 Å². The topological polar surface area (TPSA) is 17.4 Å². The molecule has 0 radical (unpaired) electrons. The van der Waals surface area contributed by atoms with Crippen molar-refractivity contribution in [3.63, 3.8) is 0 Å². The number of anilines is 3. The van der Waals surface area contributed by atoms with Crippen molar-refractivity contribution < 1.29 is 4.74 Å². The Morgan fingerprint density at radius 1 is 0.400 bits per heavy atom. The summed E-state index contributed by atoms with van der Waals surface area (Å²) in [5, 5.41) is 2.40. The largest absolute Gasteiger partial charge is 0.494 e. The van der Waals surface area contributed by atoms with Gasteiger partial charge in [0.15, 0.2) is 0 Å². The maximum absolute atomic E-state index is 6.34. The van der Waals surface area contributed by atoms with Gasteiger partial charge in [-0.05, 0) is 204 Å². The summed E-state index contributed by atoms with van der Waals surface area (Å²) in [6.45, 7) is 19.3. The zero-order chi connectivity index (χ0) is 61.3. The van der Waals surface area contributed by atoms with Gasteiger partial charge in [0.2, 0.25) is 0 Å². The molecule has 1 heterocycles. The molecule has 13 aromatic rings. The van der Waals surface area contributed by atoms with Crippen LogP contribution in [0.15, 0.2) is 299 Å². The van der Waals surface area contributed by atoms with Crippen LogP contribution in [0.2, 0.25) is 0 Å². The van der Waals surface area contributed by atoms with Crippen molar-refractivity contribution in [2.75, 3.05) is 11.5 Å². The molecule has 1 atom stereocenters. The van der Waals surface area contributed by atoms with Gasteiger partial charge in [0, 0.05) is 38.9 Å². The highest BCUT2D eigenvalue weighted by Gasteiger charge is 2.44. The van der Waals surface area contributed by atoms with Crippen LogP contribution in [0.4, 0.5) is 17.1 Å². The molecule has 1 aliphatic rings. The summed E-state index contributed by atoms with van der Waals surface area (Å²) < 4.78 is 8.76. The Morgan fingerprint density at radius 2 is 0.833 bits per heavy atom. The van der Waals surface area contributed by atoms with E-state index in [0.29, 0.717) is 6.61 Å². The molecule has 1 aliphatic carbocycles. The summed E-state index contributed by atoms with van der Waals surface area (Å²) in [6.07, 6.45) is 8.46. The van der Waals surface area contributed by atoms with Crippen molar-refractivity contribution in [3.05, 3.63) is 338 Å². The maximum atomic E-state index is 6.34. The third-order valence-electron chi connectivity index (χ3n) is 18.5. The first kappa shape index (κ1) is 57.0. The number of rotatable bonds is 18. The van der Waals surface area contributed by atoms with Gasteiger partial charge in [0.05, 0.1) is 17.6 Å². The first-order valence-electron chi connectivity index (χ1n) is 31.5. The lowest BCUT2D eigenvalue weighted by Crippen LogP contribution is -2.27. The highest BCUT2D eigenvalue weighted by atomic mass is 16.5. The molecule has 436 valence electrons. The number of unbranched alkanes of at least 4 members (excludes halogenated alkanes) is 1. The lowest BCUT2D eigenvalue weighted by atomic mass is 9.69. The smallest absolute Gasteiger partial charge is 0.119 e. The highest BCUT2D eigenvalue weighted by molar-refractivity contribution is 6.12.